The van der Waals surface area contributed by atoms with Crippen molar-refractivity contribution < 1.29 is 27.5 Å². The molecule has 1 aliphatic heterocycles. The number of likely N-dealkylation sites (tertiary alicyclic amines) is 1. The van der Waals surface area contributed by atoms with Crippen LogP contribution < -0.4 is 4.90 Å². The minimum Gasteiger partial charge on any atom is -0.445 e. The molecule has 0 aromatic heterocycles. The molecule has 1 atom stereocenters. The van der Waals surface area contributed by atoms with Crippen LogP contribution >= 0.6 is 22.6 Å². The van der Waals surface area contributed by atoms with Crippen molar-refractivity contribution in [3.8, 4) is 0 Å². The van der Waals surface area contributed by atoms with Gasteiger partial charge >= 0.3 is 18.2 Å². The first-order valence-electron chi connectivity index (χ1n) is 10.0. The van der Waals surface area contributed by atoms with Crippen LogP contribution in [0.15, 0.2) is 66.7 Å². The lowest BCUT2D eigenvalue weighted by atomic mass is 10.2. The Morgan fingerprint density at radius 2 is 1.81 bits per heavy atom. The Hall–Kier alpha value is -2.56. The number of halogens is 4. The molecule has 0 N–H and O–H groups in total. The quantitative estimate of drug-likeness (QED) is 0.346. The van der Waals surface area contributed by atoms with E-state index in [-0.39, 0.29) is 24.9 Å². The standard InChI is InChI=1S/C23H22F3IN2O3/c24-23(25,26)21(30)29(20-13-5-4-12-19(20)27)15-7-11-18-10-6-14-28(18)22(31)32-16-17-8-2-1-3-9-17/h1-5,7-9,11-13,18H,6,10,14-16H2. The zero-order valence-corrected chi connectivity index (χ0v) is 19.3. The zero-order valence-electron chi connectivity index (χ0n) is 17.1. The summed E-state index contributed by atoms with van der Waals surface area (Å²) in [5.41, 5.74) is 1.05. The molecule has 9 heteroatoms. The number of carbonyl (C=O) groups excluding carboxylic acids is 2. The lowest BCUT2D eigenvalue weighted by Gasteiger charge is -2.24. The third kappa shape index (κ3) is 6.24. The third-order valence-corrected chi connectivity index (χ3v) is 5.93. The Morgan fingerprint density at radius 1 is 1.12 bits per heavy atom. The van der Waals surface area contributed by atoms with Crippen molar-refractivity contribution in [2.45, 2.75) is 31.7 Å². The van der Waals surface area contributed by atoms with E-state index in [1.54, 1.807) is 29.2 Å². The van der Waals surface area contributed by atoms with Crippen molar-refractivity contribution in [1.82, 2.24) is 4.90 Å². The predicted octanol–water partition coefficient (Wildman–Crippen LogP) is 5.54. The number of para-hydroxylation sites is 1. The van der Waals surface area contributed by atoms with Crippen LogP contribution in [0.4, 0.5) is 23.7 Å². The van der Waals surface area contributed by atoms with Gasteiger partial charge in [-0.3, -0.25) is 9.69 Å². The number of alkyl halides is 3. The van der Waals surface area contributed by atoms with Gasteiger partial charge in [-0.1, -0.05) is 54.6 Å². The second-order valence-electron chi connectivity index (χ2n) is 7.24. The fourth-order valence-corrected chi connectivity index (χ4v) is 4.14. The van der Waals surface area contributed by atoms with E-state index in [1.807, 2.05) is 52.9 Å². The van der Waals surface area contributed by atoms with Crippen LogP contribution in [0.1, 0.15) is 18.4 Å². The molecule has 0 saturated carbocycles. The van der Waals surface area contributed by atoms with Crippen LogP contribution in [0, 0.1) is 3.57 Å². The number of amides is 2. The van der Waals surface area contributed by atoms with E-state index in [1.165, 1.54) is 12.1 Å². The average Bonchev–Trinajstić information content (AvgIpc) is 3.24. The largest absolute Gasteiger partial charge is 0.471 e. The van der Waals surface area contributed by atoms with Gasteiger partial charge in [-0.05, 0) is 53.1 Å². The summed E-state index contributed by atoms with van der Waals surface area (Å²) in [6.07, 6.45) is -0.858. The van der Waals surface area contributed by atoms with Crippen LogP contribution in [-0.4, -0.2) is 42.2 Å². The molecule has 1 aliphatic rings. The monoisotopic (exact) mass is 558 g/mol. The third-order valence-electron chi connectivity index (χ3n) is 5.02. The van der Waals surface area contributed by atoms with Crippen LogP contribution in [0.2, 0.25) is 0 Å². The van der Waals surface area contributed by atoms with E-state index >= 15 is 0 Å². The molecule has 32 heavy (non-hydrogen) atoms. The summed E-state index contributed by atoms with van der Waals surface area (Å²) >= 11 is 1.90. The molecule has 2 amide bonds. The molecule has 170 valence electrons. The fraction of sp³-hybridized carbons (Fsp3) is 0.304. The minimum absolute atomic E-state index is 0.146. The summed E-state index contributed by atoms with van der Waals surface area (Å²) in [4.78, 5) is 26.8. The van der Waals surface area contributed by atoms with Gasteiger partial charge < -0.3 is 9.64 Å². The number of benzene rings is 2. The molecule has 0 spiro atoms. The molecule has 0 aliphatic carbocycles. The number of carbonyl (C=O) groups is 2. The highest BCUT2D eigenvalue weighted by Gasteiger charge is 2.43. The molecule has 2 aromatic carbocycles. The van der Waals surface area contributed by atoms with Crippen molar-refractivity contribution in [2.24, 2.45) is 0 Å². The van der Waals surface area contributed by atoms with Crippen LogP contribution in [-0.2, 0) is 16.1 Å². The van der Waals surface area contributed by atoms with Gasteiger partial charge in [-0.2, -0.15) is 13.2 Å². The molecule has 3 rings (SSSR count). The van der Waals surface area contributed by atoms with Crippen molar-refractivity contribution in [2.75, 3.05) is 18.0 Å². The molecule has 1 unspecified atom stereocenters. The van der Waals surface area contributed by atoms with Crippen molar-refractivity contribution >= 4 is 40.3 Å². The van der Waals surface area contributed by atoms with Gasteiger partial charge in [0.1, 0.15) is 6.61 Å². The average molecular weight is 558 g/mol. The normalized spacial score (nSPS) is 16.4. The van der Waals surface area contributed by atoms with Gasteiger partial charge in [0, 0.05) is 16.7 Å². The predicted molar refractivity (Wildman–Crippen MR) is 123 cm³/mol. The Labute approximate surface area is 198 Å². The van der Waals surface area contributed by atoms with E-state index in [0.717, 1.165) is 12.0 Å². The number of nitrogens with zero attached hydrogens (tertiary/aromatic N) is 2. The molecule has 5 nitrogen and oxygen atoms in total. The molecule has 1 heterocycles. The Bertz CT molecular complexity index is 966. The van der Waals surface area contributed by atoms with Gasteiger partial charge in [-0.15, -0.1) is 0 Å². The van der Waals surface area contributed by atoms with Gasteiger partial charge in [0.25, 0.3) is 0 Å². The van der Waals surface area contributed by atoms with Gasteiger partial charge in [0.15, 0.2) is 0 Å². The maximum Gasteiger partial charge on any atom is 0.471 e. The molecule has 0 radical (unpaired) electrons. The summed E-state index contributed by atoms with van der Waals surface area (Å²) in [5.74, 6) is -1.93. The highest BCUT2D eigenvalue weighted by atomic mass is 127. The maximum atomic E-state index is 13.2. The summed E-state index contributed by atoms with van der Waals surface area (Å²) < 4.78 is 45.4. The van der Waals surface area contributed by atoms with Gasteiger partial charge in [0.2, 0.25) is 0 Å². The summed E-state index contributed by atoms with van der Waals surface area (Å²) in [5, 5.41) is 0. The first-order valence-corrected chi connectivity index (χ1v) is 11.1. The Morgan fingerprint density at radius 3 is 2.50 bits per heavy atom. The van der Waals surface area contributed by atoms with Crippen molar-refractivity contribution in [1.29, 1.82) is 0 Å². The van der Waals surface area contributed by atoms with Crippen molar-refractivity contribution in [3.05, 3.63) is 75.9 Å². The zero-order chi connectivity index (χ0) is 23.1. The molecule has 0 bridgehead atoms. The first kappa shape index (κ1) is 24.1. The SMILES string of the molecule is O=C(OCc1ccccc1)N1CCCC1C=CCN(C(=O)C(F)(F)F)c1ccccc1I. The number of ether oxygens (including phenoxy) is 1. The summed E-state index contributed by atoms with van der Waals surface area (Å²) in [6.45, 7) is 0.388. The van der Waals surface area contributed by atoms with Gasteiger partial charge in [-0.25, -0.2) is 4.79 Å². The van der Waals surface area contributed by atoms with E-state index < -0.39 is 18.2 Å². The number of anilines is 1. The molecule has 1 fully saturated rings. The molecular formula is C23H22F3IN2O3. The van der Waals surface area contributed by atoms with E-state index in [4.69, 9.17) is 4.74 Å². The molecule has 2 aromatic rings. The Kier molecular flexibility index (Phi) is 8.16. The smallest absolute Gasteiger partial charge is 0.445 e. The van der Waals surface area contributed by atoms with Gasteiger partial charge in [0.05, 0.1) is 11.7 Å². The number of hydrogen-bond donors (Lipinski definition) is 0. The van der Waals surface area contributed by atoms with Crippen LogP contribution in [0.25, 0.3) is 0 Å². The highest BCUT2D eigenvalue weighted by Crippen LogP contribution is 2.28. The lowest BCUT2D eigenvalue weighted by Crippen LogP contribution is -2.42. The highest BCUT2D eigenvalue weighted by molar-refractivity contribution is 14.1. The van der Waals surface area contributed by atoms with Crippen LogP contribution in [0.3, 0.4) is 0 Å². The molecule has 1 saturated heterocycles. The van der Waals surface area contributed by atoms with E-state index in [0.29, 0.717) is 21.4 Å². The van der Waals surface area contributed by atoms with E-state index in [9.17, 15) is 22.8 Å². The summed E-state index contributed by atoms with van der Waals surface area (Å²) in [7, 11) is 0. The summed E-state index contributed by atoms with van der Waals surface area (Å²) in [6, 6.07) is 15.4. The molecular weight excluding hydrogens is 536 g/mol. The second-order valence-corrected chi connectivity index (χ2v) is 8.40. The van der Waals surface area contributed by atoms with E-state index in [2.05, 4.69) is 0 Å². The topological polar surface area (TPSA) is 49.9 Å². The number of hydrogen-bond acceptors (Lipinski definition) is 3. The fourth-order valence-electron chi connectivity index (χ4n) is 3.46. The maximum absolute atomic E-state index is 13.2. The first-order chi connectivity index (χ1) is 15.3. The second kappa shape index (κ2) is 10.8. The van der Waals surface area contributed by atoms with Crippen molar-refractivity contribution in [3.63, 3.8) is 0 Å². The number of rotatable bonds is 6. The Balaban J connectivity index is 1.66. The lowest BCUT2D eigenvalue weighted by molar-refractivity contribution is -0.170. The van der Waals surface area contributed by atoms with Crippen LogP contribution in [0.5, 0.6) is 0 Å². The minimum atomic E-state index is -4.99.